The van der Waals surface area contributed by atoms with E-state index in [0.717, 1.165) is 25.1 Å². The highest BCUT2D eigenvalue weighted by molar-refractivity contribution is 6.17. The maximum atomic E-state index is 9.20. The molecule has 1 rings (SSSR count). The van der Waals surface area contributed by atoms with Crippen molar-refractivity contribution in [2.75, 3.05) is 19.1 Å². The summed E-state index contributed by atoms with van der Waals surface area (Å²) in [7, 11) is 0. The SMILES string of the molecule is NC(CO)(CO)CCc1ccc(CCCCCCCCCl)cc1. The second kappa shape index (κ2) is 11.9. The fourth-order valence-corrected chi connectivity index (χ4v) is 2.79. The van der Waals surface area contributed by atoms with E-state index in [-0.39, 0.29) is 13.2 Å². The van der Waals surface area contributed by atoms with E-state index in [4.69, 9.17) is 17.3 Å². The molecule has 0 fully saturated rings. The second-order valence-corrected chi connectivity index (χ2v) is 6.93. The van der Waals surface area contributed by atoms with Gasteiger partial charge in [0.2, 0.25) is 0 Å². The van der Waals surface area contributed by atoms with E-state index >= 15 is 0 Å². The molecule has 0 atom stereocenters. The van der Waals surface area contributed by atoms with Gasteiger partial charge in [0.1, 0.15) is 0 Å². The van der Waals surface area contributed by atoms with Crippen LogP contribution in [0.15, 0.2) is 24.3 Å². The fourth-order valence-electron chi connectivity index (χ4n) is 2.60. The third-order valence-electron chi connectivity index (χ3n) is 4.41. The number of aliphatic hydroxyl groups excluding tert-OH is 2. The van der Waals surface area contributed by atoms with Crippen LogP contribution >= 0.6 is 11.6 Å². The Morgan fingerprint density at radius 3 is 1.78 bits per heavy atom. The van der Waals surface area contributed by atoms with Crippen molar-refractivity contribution in [2.45, 2.75) is 63.3 Å². The number of rotatable bonds is 13. The zero-order valence-corrected chi connectivity index (χ0v) is 14.9. The zero-order chi connectivity index (χ0) is 17.0. The van der Waals surface area contributed by atoms with Crippen LogP contribution in [0.4, 0.5) is 0 Å². The summed E-state index contributed by atoms with van der Waals surface area (Å²) in [4.78, 5) is 0. The normalized spacial score (nSPS) is 11.8. The molecule has 1 aromatic rings. The first-order valence-electron chi connectivity index (χ1n) is 8.78. The number of hydrogen-bond donors (Lipinski definition) is 3. The predicted octanol–water partition coefficient (Wildman–Crippen LogP) is 3.42. The van der Waals surface area contributed by atoms with Gasteiger partial charge in [0, 0.05) is 5.88 Å². The monoisotopic (exact) mass is 341 g/mol. The molecule has 0 aliphatic heterocycles. The summed E-state index contributed by atoms with van der Waals surface area (Å²) in [6.07, 6.45) is 10.00. The molecule has 0 radical (unpaired) electrons. The fraction of sp³-hybridized carbons (Fsp3) is 0.684. The van der Waals surface area contributed by atoms with Gasteiger partial charge < -0.3 is 15.9 Å². The molecule has 1 aromatic carbocycles. The molecule has 0 spiro atoms. The van der Waals surface area contributed by atoms with Crippen molar-refractivity contribution in [2.24, 2.45) is 5.73 Å². The summed E-state index contributed by atoms with van der Waals surface area (Å²) >= 11 is 5.67. The molecule has 0 aromatic heterocycles. The van der Waals surface area contributed by atoms with Gasteiger partial charge in [0.25, 0.3) is 0 Å². The van der Waals surface area contributed by atoms with Crippen LogP contribution in [-0.2, 0) is 12.8 Å². The molecule has 0 saturated carbocycles. The number of alkyl halides is 1. The average Bonchev–Trinajstić information content (AvgIpc) is 2.60. The third-order valence-corrected chi connectivity index (χ3v) is 4.68. The Balaban J connectivity index is 2.23. The number of nitrogens with two attached hydrogens (primary N) is 1. The topological polar surface area (TPSA) is 66.5 Å². The Hall–Kier alpha value is -0.610. The van der Waals surface area contributed by atoms with E-state index in [0.29, 0.717) is 6.42 Å². The van der Waals surface area contributed by atoms with Gasteiger partial charge in [-0.1, -0.05) is 49.9 Å². The summed E-state index contributed by atoms with van der Waals surface area (Å²) in [5.74, 6) is 0.786. The third kappa shape index (κ3) is 8.71. The number of aliphatic hydroxyl groups is 2. The minimum Gasteiger partial charge on any atom is -0.394 e. The van der Waals surface area contributed by atoms with Crippen molar-refractivity contribution in [3.63, 3.8) is 0 Å². The Kier molecular flexibility index (Phi) is 10.5. The molecule has 132 valence electrons. The molecule has 0 aliphatic rings. The Labute approximate surface area is 145 Å². The van der Waals surface area contributed by atoms with Crippen LogP contribution in [0.5, 0.6) is 0 Å². The van der Waals surface area contributed by atoms with Gasteiger partial charge in [-0.15, -0.1) is 11.6 Å². The molecule has 4 heteroatoms. The van der Waals surface area contributed by atoms with Gasteiger partial charge in [-0.25, -0.2) is 0 Å². The molecule has 0 saturated heterocycles. The minimum atomic E-state index is -0.873. The minimum absolute atomic E-state index is 0.188. The van der Waals surface area contributed by atoms with E-state index in [1.54, 1.807) is 0 Å². The first kappa shape index (κ1) is 20.4. The molecule has 0 heterocycles. The maximum Gasteiger partial charge on any atom is 0.0633 e. The average molecular weight is 342 g/mol. The number of aryl methyl sites for hydroxylation is 2. The highest BCUT2D eigenvalue weighted by atomic mass is 35.5. The van der Waals surface area contributed by atoms with Gasteiger partial charge in [-0.05, 0) is 43.2 Å². The van der Waals surface area contributed by atoms with Gasteiger partial charge >= 0.3 is 0 Å². The van der Waals surface area contributed by atoms with Crippen molar-refractivity contribution in [3.05, 3.63) is 35.4 Å². The highest BCUT2D eigenvalue weighted by Crippen LogP contribution is 2.15. The van der Waals surface area contributed by atoms with Crippen molar-refractivity contribution < 1.29 is 10.2 Å². The predicted molar refractivity (Wildman–Crippen MR) is 98.0 cm³/mol. The Morgan fingerprint density at radius 2 is 1.26 bits per heavy atom. The molecule has 0 unspecified atom stereocenters. The first-order valence-corrected chi connectivity index (χ1v) is 9.31. The number of hydrogen-bond acceptors (Lipinski definition) is 3. The van der Waals surface area contributed by atoms with Crippen LogP contribution in [0.25, 0.3) is 0 Å². The zero-order valence-electron chi connectivity index (χ0n) is 14.1. The second-order valence-electron chi connectivity index (χ2n) is 6.56. The van der Waals surface area contributed by atoms with Crippen molar-refractivity contribution >= 4 is 11.6 Å². The lowest BCUT2D eigenvalue weighted by molar-refractivity contribution is 0.115. The van der Waals surface area contributed by atoms with E-state index in [1.165, 1.54) is 43.2 Å². The van der Waals surface area contributed by atoms with Crippen LogP contribution < -0.4 is 5.73 Å². The number of unbranched alkanes of at least 4 members (excludes halogenated alkanes) is 5. The Bertz CT molecular complexity index is 404. The van der Waals surface area contributed by atoms with Crippen LogP contribution in [0.1, 0.15) is 56.1 Å². The van der Waals surface area contributed by atoms with Crippen LogP contribution in [0, 0.1) is 0 Å². The smallest absolute Gasteiger partial charge is 0.0633 e. The molecule has 23 heavy (non-hydrogen) atoms. The summed E-state index contributed by atoms with van der Waals surface area (Å²) in [5.41, 5.74) is 7.59. The van der Waals surface area contributed by atoms with Crippen LogP contribution in [0.2, 0.25) is 0 Å². The molecular formula is C19H32ClNO2. The number of benzene rings is 1. The van der Waals surface area contributed by atoms with Gasteiger partial charge in [0.15, 0.2) is 0 Å². The largest absolute Gasteiger partial charge is 0.394 e. The lowest BCUT2D eigenvalue weighted by Crippen LogP contribution is -2.47. The lowest BCUT2D eigenvalue weighted by Gasteiger charge is -2.24. The summed E-state index contributed by atoms with van der Waals surface area (Å²) in [6.45, 7) is -0.376. The van der Waals surface area contributed by atoms with Gasteiger partial charge in [0.05, 0.1) is 18.8 Å². The molecular weight excluding hydrogens is 310 g/mol. The summed E-state index contributed by atoms with van der Waals surface area (Å²) < 4.78 is 0. The molecule has 0 bridgehead atoms. The first-order chi connectivity index (χ1) is 11.1. The van der Waals surface area contributed by atoms with E-state index < -0.39 is 5.54 Å². The van der Waals surface area contributed by atoms with Crippen LogP contribution in [0.3, 0.4) is 0 Å². The van der Waals surface area contributed by atoms with E-state index in [1.807, 2.05) is 0 Å². The Morgan fingerprint density at radius 1 is 0.783 bits per heavy atom. The molecule has 4 N–H and O–H groups in total. The maximum absolute atomic E-state index is 9.20. The van der Waals surface area contributed by atoms with E-state index in [2.05, 4.69) is 24.3 Å². The lowest BCUT2D eigenvalue weighted by atomic mass is 9.93. The molecule has 3 nitrogen and oxygen atoms in total. The van der Waals surface area contributed by atoms with Gasteiger partial charge in [-0.3, -0.25) is 0 Å². The van der Waals surface area contributed by atoms with E-state index in [9.17, 15) is 10.2 Å². The molecule has 0 aliphatic carbocycles. The molecule has 0 amide bonds. The summed E-state index contributed by atoms with van der Waals surface area (Å²) in [5, 5.41) is 18.4. The van der Waals surface area contributed by atoms with Crippen molar-refractivity contribution in [1.29, 1.82) is 0 Å². The van der Waals surface area contributed by atoms with Crippen LogP contribution in [-0.4, -0.2) is 34.8 Å². The van der Waals surface area contributed by atoms with Crippen molar-refractivity contribution in [1.82, 2.24) is 0 Å². The quantitative estimate of drug-likeness (QED) is 0.380. The highest BCUT2D eigenvalue weighted by Gasteiger charge is 2.22. The number of halogens is 1. The summed E-state index contributed by atoms with van der Waals surface area (Å²) in [6, 6.07) is 8.62. The van der Waals surface area contributed by atoms with Gasteiger partial charge in [-0.2, -0.15) is 0 Å². The standard InChI is InChI=1S/C19H32ClNO2/c20-14-6-4-2-1-3-5-7-17-8-10-18(11-9-17)12-13-19(21,15-22)16-23/h8-11,22-23H,1-7,12-16,21H2. The van der Waals surface area contributed by atoms with Crippen molar-refractivity contribution in [3.8, 4) is 0 Å².